The molecule has 2 heteroatoms. The lowest BCUT2D eigenvalue weighted by molar-refractivity contribution is 0.226. The summed E-state index contributed by atoms with van der Waals surface area (Å²) in [6.45, 7) is 6.83. The zero-order valence-corrected chi connectivity index (χ0v) is 13.5. The number of hydrogen-bond donors (Lipinski definition) is 1. The smallest absolute Gasteiger partial charge is 0.0366 e. The molecule has 0 unspecified atom stereocenters. The van der Waals surface area contributed by atoms with Gasteiger partial charge in [0.05, 0.1) is 0 Å². The summed E-state index contributed by atoms with van der Waals surface area (Å²) in [7, 11) is 0. The van der Waals surface area contributed by atoms with Gasteiger partial charge in [-0.2, -0.15) is 0 Å². The number of nitrogens with zero attached hydrogens (tertiary/aromatic N) is 1. The summed E-state index contributed by atoms with van der Waals surface area (Å²) in [5, 5.41) is 3.47. The van der Waals surface area contributed by atoms with Crippen molar-refractivity contribution >= 4 is 5.69 Å². The number of benzene rings is 1. The van der Waals surface area contributed by atoms with Gasteiger partial charge in [-0.25, -0.2) is 0 Å². The second-order valence-corrected chi connectivity index (χ2v) is 7.04. The molecule has 0 atom stereocenters. The standard InChI is InChI=1S/C19H30N2/c1-2-13-20-16-17-5-7-18(8-6-17)21-14-11-19(12-15-21)9-3-4-10-19/h5-8,20H,2-4,9-16H2,1H3. The molecule has 1 aliphatic carbocycles. The summed E-state index contributed by atoms with van der Waals surface area (Å²) in [6, 6.07) is 9.21. The minimum Gasteiger partial charge on any atom is -0.371 e. The van der Waals surface area contributed by atoms with Crippen molar-refractivity contribution in [2.45, 2.75) is 58.4 Å². The van der Waals surface area contributed by atoms with Crippen molar-refractivity contribution in [2.24, 2.45) is 5.41 Å². The third kappa shape index (κ3) is 3.60. The topological polar surface area (TPSA) is 15.3 Å². The van der Waals surface area contributed by atoms with Crippen molar-refractivity contribution in [1.82, 2.24) is 5.32 Å². The van der Waals surface area contributed by atoms with Crippen LogP contribution in [0.2, 0.25) is 0 Å². The Hall–Kier alpha value is -1.02. The van der Waals surface area contributed by atoms with Gasteiger partial charge in [0.2, 0.25) is 0 Å². The first-order valence-electron chi connectivity index (χ1n) is 8.86. The summed E-state index contributed by atoms with van der Waals surface area (Å²) in [4.78, 5) is 2.59. The Morgan fingerprint density at radius 2 is 1.67 bits per heavy atom. The molecule has 0 radical (unpaired) electrons. The Morgan fingerprint density at radius 3 is 2.29 bits per heavy atom. The van der Waals surface area contributed by atoms with Gasteiger partial charge in [-0.3, -0.25) is 0 Å². The SMILES string of the molecule is CCCNCc1ccc(N2CCC3(CCCC3)CC2)cc1. The van der Waals surface area contributed by atoms with Crippen molar-refractivity contribution < 1.29 is 0 Å². The third-order valence-electron chi connectivity index (χ3n) is 5.55. The van der Waals surface area contributed by atoms with Crippen LogP contribution >= 0.6 is 0 Å². The minimum atomic E-state index is 0.723. The summed E-state index contributed by atoms with van der Waals surface area (Å²) < 4.78 is 0. The molecule has 1 N–H and O–H groups in total. The Morgan fingerprint density at radius 1 is 1.00 bits per heavy atom. The summed E-state index contributed by atoms with van der Waals surface area (Å²) >= 11 is 0. The van der Waals surface area contributed by atoms with E-state index >= 15 is 0 Å². The monoisotopic (exact) mass is 286 g/mol. The van der Waals surface area contributed by atoms with Crippen LogP contribution < -0.4 is 10.2 Å². The van der Waals surface area contributed by atoms with E-state index in [-0.39, 0.29) is 0 Å². The summed E-state index contributed by atoms with van der Waals surface area (Å²) in [6.07, 6.45) is 9.94. The minimum absolute atomic E-state index is 0.723. The van der Waals surface area contributed by atoms with E-state index < -0.39 is 0 Å². The van der Waals surface area contributed by atoms with E-state index in [0.29, 0.717) is 0 Å². The van der Waals surface area contributed by atoms with E-state index in [2.05, 4.69) is 41.4 Å². The fourth-order valence-electron chi connectivity index (χ4n) is 4.10. The maximum absolute atomic E-state index is 3.47. The summed E-state index contributed by atoms with van der Waals surface area (Å²) in [5.74, 6) is 0. The fourth-order valence-corrected chi connectivity index (χ4v) is 4.10. The zero-order valence-electron chi connectivity index (χ0n) is 13.5. The molecular weight excluding hydrogens is 256 g/mol. The van der Waals surface area contributed by atoms with Crippen molar-refractivity contribution in [3.05, 3.63) is 29.8 Å². The Bertz CT molecular complexity index is 421. The van der Waals surface area contributed by atoms with Crippen LogP contribution in [0.1, 0.15) is 57.4 Å². The van der Waals surface area contributed by atoms with Crippen LogP contribution in [0.3, 0.4) is 0 Å². The number of hydrogen-bond acceptors (Lipinski definition) is 2. The number of rotatable bonds is 5. The van der Waals surface area contributed by atoms with Crippen molar-refractivity contribution in [3.63, 3.8) is 0 Å². The molecule has 116 valence electrons. The molecule has 2 fully saturated rings. The summed E-state index contributed by atoms with van der Waals surface area (Å²) in [5.41, 5.74) is 3.54. The average Bonchev–Trinajstić information content (AvgIpc) is 2.97. The molecule has 1 aliphatic heterocycles. The van der Waals surface area contributed by atoms with E-state index in [1.54, 1.807) is 0 Å². The quantitative estimate of drug-likeness (QED) is 0.810. The van der Waals surface area contributed by atoms with Crippen LogP contribution in [0.4, 0.5) is 5.69 Å². The van der Waals surface area contributed by atoms with Gasteiger partial charge in [0, 0.05) is 25.3 Å². The largest absolute Gasteiger partial charge is 0.371 e. The van der Waals surface area contributed by atoms with E-state index in [1.165, 1.54) is 69.3 Å². The van der Waals surface area contributed by atoms with E-state index in [0.717, 1.165) is 18.5 Å². The molecule has 1 heterocycles. The molecule has 21 heavy (non-hydrogen) atoms. The van der Waals surface area contributed by atoms with Crippen LogP contribution in [0.5, 0.6) is 0 Å². The first kappa shape index (κ1) is 14.9. The molecule has 0 aromatic heterocycles. The molecule has 0 amide bonds. The van der Waals surface area contributed by atoms with Crippen LogP contribution in [0.15, 0.2) is 24.3 Å². The van der Waals surface area contributed by atoms with Gasteiger partial charge in [0.1, 0.15) is 0 Å². The van der Waals surface area contributed by atoms with E-state index in [4.69, 9.17) is 0 Å². The molecule has 1 aromatic rings. The van der Waals surface area contributed by atoms with Crippen molar-refractivity contribution in [1.29, 1.82) is 0 Å². The number of anilines is 1. The lowest BCUT2D eigenvalue weighted by atomic mass is 9.77. The molecule has 1 spiro atoms. The Balaban J connectivity index is 1.53. The maximum Gasteiger partial charge on any atom is 0.0366 e. The molecule has 1 aromatic carbocycles. The third-order valence-corrected chi connectivity index (χ3v) is 5.55. The van der Waals surface area contributed by atoms with Gasteiger partial charge in [-0.15, -0.1) is 0 Å². The van der Waals surface area contributed by atoms with Gasteiger partial charge in [-0.05, 0) is 61.8 Å². The lowest BCUT2D eigenvalue weighted by Gasteiger charge is -2.40. The molecule has 0 bridgehead atoms. The molecule has 2 nitrogen and oxygen atoms in total. The van der Waals surface area contributed by atoms with Gasteiger partial charge < -0.3 is 10.2 Å². The number of piperidine rings is 1. The predicted molar refractivity (Wildman–Crippen MR) is 90.8 cm³/mol. The fraction of sp³-hybridized carbons (Fsp3) is 0.684. The highest BCUT2D eigenvalue weighted by atomic mass is 15.1. The molecule has 3 rings (SSSR count). The van der Waals surface area contributed by atoms with Crippen molar-refractivity contribution in [3.8, 4) is 0 Å². The van der Waals surface area contributed by atoms with Crippen LogP contribution in [0.25, 0.3) is 0 Å². The van der Waals surface area contributed by atoms with Crippen LogP contribution in [0, 0.1) is 5.41 Å². The van der Waals surface area contributed by atoms with E-state index in [1.807, 2.05) is 0 Å². The Kier molecular flexibility index (Phi) is 4.84. The zero-order chi connectivity index (χ0) is 14.5. The predicted octanol–water partition coefficient (Wildman–Crippen LogP) is 4.35. The van der Waals surface area contributed by atoms with Gasteiger partial charge in [0.25, 0.3) is 0 Å². The average molecular weight is 286 g/mol. The molecular formula is C19H30N2. The van der Waals surface area contributed by atoms with Crippen LogP contribution in [-0.4, -0.2) is 19.6 Å². The second-order valence-electron chi connectivity index (χ2n) is 7.04. The maximum atomic E-state index is 3.47. The first-order chi connectivity index (χ1) is 10.3. The first-order valence-corrected chi connectivity index (χ1v) is 8.86. The lowest BCUT2D eigenvalue weighted by Crippen LogP contribution is -2.38. The second kappa shape index (κ2) is 6.83. The van der Waals surface area contributed by atoms with Crippen molar-refractivity contribution in [2.75, 3.05) is 24.5 Å². The Labute approximate surface area is 129 Å². The van der Waals surface area contributed by atoms with Gasteiger partial charge >= 0.3 is 0 Å². The highest BCUT2D eigenvalue weighted by Crippen LogP contribution is 2.46. The van der Waals surface area contributed by atoms with Gasteiger partial charge in [0.15, 0.2) is 0 Å². The number of nitrogens with one attached hydrogen (secondary N) is 1. The highest BCUT2D eigenvalue weighted by Gasteiger charge is 2.36. The van der Waals surface area contributed by atoms with Gasteiger partial charge in [-0.1, -0.05) is 31.9 Å². The molecule has 1 saturated heterocycles. The molecule has 2 aliphatic rings. The normalized spacial score (nSPS) is 21.1. The van der Waals surface area contributed by atoms with Crippen LogP contribution in [-0.2, 0) is 6.54 Å². The molecule has 1 saturated carbocycles. The highest BCUT2D eigenvalue weighted by molar-refractivity contribution is 5.48. The van der Waals surface area contributed by atoms with E-state index in [9.17, 15) is 0 Å².